The number of rotatable bonds is 6. The lowest BCUT2D eigenvalue weighted by atomic mass is 10.1. The molecule has 0 radical (unpaired) electrons. The molecular weight excluding hydrogens is 410 g/mol. The summed E-state index contributed by atoms with van der Waals surface area (Å²) in [4.78, 5) is 35.5. The van der Waals surface area contributed by atoms with Crippen LogP contribution in [0.25, 0.3) is 0 Å². The van der Waals surface area contributed by atoms with Gasteiger partial charge in [-0.3, -0.25) is 25.2 Å². The van der Waals surface area contributed by atoms with Crippen LogP contribution in [0.1, 0.15) is 22.8 Å². The molecule has 30 heavy (non-hydrogen) atoms. The lowest BCUT2D eigenvalue weighted by molar-refractivity contribution is -0.137. The van der Waals surface area contributed by atoms with E-state index in [9.17, 15) is 31.9 Å². The number of carbonyl (C=O) groups excluding carboxylic acids is 3. The Morgan fingerprint density at radius 1 is 1.00 bits per heavy atom. The molecule has 11 heteroatoms. The number of para-hydroxylation sites is 1. The molecule has 0 fully saturated rings. The van der Waals surface area contributed by atoms with E-state index in [0.29, 0.717) is 0 Å². The van der Waals surface area contributed by atoms with Crippen LogP contribution < -0.4 is 20.9 Å². The quantitative estimate of drug-likeness (QED) is 0.487. The first-order valence-electron chi connectivity index (χ1n) is 8.53. The third-order valence-corrected chi connectivity index (χ3v) is 3.72. The molecule has 3 N–H and O–H groups in total. The predicted molar refractivity (Wildman–Crippen MR) is 96.6 cm³/mol. The summed E-state index contributed by atoms with van der Waals surface area (Å²) >= 11 is 0. The molecule has 0 aliphatic rings. The van der Waals surface area contributed by atoms with Crippen molar-refractivity contribution in [3.8, 4) is 5.75 Å². The number of hydrogen-bond donors (Lipinski definition) is 3. The maximum absolute atomic E-state index is 13.5. The Balaban J connectivity index is 1.77. The number of hydrazine groups is 1. The van der Waals surface area contributed by atoms with Gasteiger partial charge >= 0.3 is 6.18 Å². The van der Waals surface area contributed by atoms with Gasteiger partial charge in [0.1, 0.15) is 0 Å². The fraction of sp³-hybridized carbons (Fsp3) is 0.211. The second-order valence-electron chi connectivity index (χ2n) is 5.99. The van der Waals surface area contributed by atoms with Gasteiger partial charge < -0.3 is 10.1 Å². The van der Waals surface area contributed by atoms with Crippen LogP contribution in [-0.2, 0) is 15.8 Å². The highest BCUT2D eigenvalue weighted by molar-refractivity contribution is 5.96. The summed E-state index contributed by atoms with van der Waals surface area (Å²) in [6.45, 7) is 0.781. The highest BCUT2D eigenvalue weighted by Gasteiger charge is 2.30. The van der Waals surface area contributed by atoms with Crippen molar-refractivity contribution in [2.75, 3.05) is 6.54 Å². The van der Waals surface area contributed by atoms with E-state index in [1.807, 2.05) is 10.9 Å². The molecule has 0 spiro atoms. The lowest BCUT2D eigenvalue weighted by Gasteiger charge is -2.15. The van der Waals surface area contributed by atoms with Crippen molar-refractivity contribution >= 4 is 17.7 Å². The maximum atomic E-state index is 13.5. The van der Waals surface area contributed by atoms with E-state index in [4.69, 9.17) is 4.74 Å². The van der Waals surface area contributed by atoms with Gasteiger partial charge in [-0.1, -0.05) is 12.1 Å². The average Bonchev–Trinajstić information content (AvgIpc) is 2.71. The second-order valence-corrected chi connectivity index (χ2v) is 5.99. The first-order valence-corrected chi connectivity index (χ1v) is 8.53. The predicted octanol–water partition coefficient (Wildman–Crippen LogP) is 2.19. The molecule has 0 aromatic heterocycles. The first-order chi connectivity index (χ1) is 14.1. The Labute approximate surface area is 168 Å². The fourth-order valence-corrected chi connectivity index (χ4v) is 2.13. The molecule has 2 aromatic carbocycles. The Morgan fingerprint density at radius 2 is 1.63 bits per heavy atom. The van der Waals surface area contributed by atoms with E-state index in [1.54, 1.807) is 0 Å². The van der Waals surface area contributed by atoms with Crippen LogP contribution in [0.4, 0.5) is 17.6 Å². The SMILES string of the molecule is CC(Oc1ccccc1F)C(=O)NNC(=O)CNC(=O)c1ccc(C(F)(F)F)cc1. The maximum Gasteiger partial charge on any atom is 0.416 e. The first kappa shape index (κ1) is 22.7. The Hall–Kier alpha value is -3.63. The number of halogens is 4. The molecule has 0 saturated carbocycles. The van der Waals surface area contributed by atoms with Crippen molar-refractivity contribution in [2.24, 2.45) is 0 Å². The van der Waals surface area contributed by atoms with Crippen molar-refractivity contribution in [1.82, 2.24) is 16.2 Å². The second kappa shape index (κ2) is 9.72. The molecule has 0 aliphatic heterocycles. The minimum Gasteiger partial charge on any atom is -0.478 e. The van der Waals surface area contributed by atoms with Gasteiger partial charge in [0.05, 0.1) is 12.1 Å². The van der Waals surface area contributed by atoms with Gasteiger partial charge in [0.2, 0.25) is 0 Å². The van der Waals surface area contributed by atoms with Gasteiger partial charge in [-0.2, -0.15) is 13.2 Å². The highest BCUT2D eigenvalue weighted by Crippen LogP contribution is 2.29. The highest BCUT2D eigenvalue weighted by atomic mass is 19.4. The zero-order valence-corrected chi connectivity index (χ0v) is 15.5. The van der Waals surface area contributed by atoms with Crippen LogP contribution in [0.2, 0.25) is 0 Å². The third kappa shape index (κ3) is 6.47. The minimum atomic E-state index is -4.53. The zero-order chi connectivity index (χ0) is 22.3. The molecule has 160 valence electrons. The molecule has 7 nitrogen and oxygen atoms in total. The molecule has 0 heterocycles. The minimum absolute atomic E-state index is 0.0771. The van der Waals surface area contributed by atoms with Gasteiger partial charge in [0.25, 0.3) is 17.7 Å². The summed E-state index contributed by atoms with van der Waals surface area (Å²) in [5, 5.41) is 2.19. The van der Waals surface area contributed by atoms with E-state index >= 15 is 0 Å². The number of hydrogen-bond acceptors (Lipinski definition) is 4. The molecule has 1 unspecified atom stereocenters. The molecule has 0 saturated heterocycles. The summed E-state index contributed by atoms with van der Waals surface area (Å²) in [6, 6.07) is 8.88. The van der Waals surface area contributed by atoms with Crippen molar-refractivity contribution in [3.63, 3.8) is 0 Å². The smallest absolute Gasteiger partial charge is 0.416 e. The summed E-state index contributed by atoms with van der Waals surface area (Å²) in [5.41, 5.74) is 3.08. The van der Waals surface area contributed by atoms with Crippen molar-refractivity contribution < 1.29 is 36.7 Å². The zero-order valence-electron chi connectivity index (χ0n) is 15.5. The number of benzene rings is 2. The molecule has 2 aromatic rings. The van der Waals surface area contributed by atoms with Crippen molar-refractivity contribution in [1.29, 1.82) is 0 Å². The molecule has 3 amide bonds. The summed E-state index contributed by atoms with van der Waals surface area (Å²) < 4.78 is 56.2. The van der Waals surface area contributed by atoms with E-state index in [2.05, 4.69) is 5.32 Å². The van der Waals surface area contributed by atoms with Crippen LogP contribution in [0, 0.1) is 5.82 Å². The monoisotopic (exact) mass is 427 g/mol. The number of amides is 3. The Kier molecular flexibility index (Phi) is 7.34. The van der Waals surface area contributed by atoms with Gasteiger partial charge in [-0.15, -0.1) is 0 Å². The number of nitrogens with one attached hydrogen (secondary N) is 3. The Morgan fingerprint density at radius 3 is 2.23 bits per heavy atom. The average molecular weight is 427 g/mol. The normalized spacial score (nSPS) is 11.9. The summed E-state index contributed by atoms with van der Waals surface area (Å²) in [5.74, 6) is -3.16. The largest absolute Gasteiger partial charge is 0.478 e. The van der Waals surface area contributed by atoms with Crippen LogP contribution >= 0.6 is 0 Å². The standard InChI is InChI=1S/C19H17F4N3O4/c1-11(30-15-5-3-2-4-14(15)20)17(28)26-25-16(27)10-24-18(29)12-6-8-13(9-7-12)19(21,22)23/h2-9,11H,10H2,1H3,(H,24,29)(H,25,27)(H,26,28). The summed E-state index contributed by atoms with van der Waals surface area (Å²) in [6.07, 6.45) is -5.66. The van der Waals surface area contributed by atoms with Crippen LogP contribution in [-0.4, -0.2) is 30.4 Å². The van der Waals surface area contributed by atoms with Gasteiger partial charge in [0.15, 0.2) is 17.7 Å². The Bertz CT molecular complexity index is 917. The van der Waals surface area contributed by atoms with Crippen LogP contribution in [0.15, 0.2) is 48.5 Å². The van der Waals surface area contributed by atoms with Crippen LogP contribution in [0.3, 0.4) is 0 Å². The lowest BCUT2D eigenvalue weighted by Crippen LogP contribution is -2.50. The van der Waals surface area contributed by atoms with E-state index in [1.165, 1.54) is 25.1 Å². The number of carbonyl (C=O) groups is 3. The van der Waals surface area contributed by atoms with Gasteiger partial charge in [-0.05, 0) is 43.3 Å². The molecular formula is C19H17F4N3O4. The fourth-order valence-electron chi connectivity index (χ4n) is 2.13. The van der Waals surface area contributed by atoms with Gasteiger partial charge in [-0.25, -0.2) is 4.39 Å². The summed E-state index contributed by atoms with van der Waals surface area (Å²) in [7, 11) is 0. The number of alkyl halides is 3. The van der Waals surface area contributed by atoms with Crippen LogP contribution in [0.5, 0.6) is 5.75 Å². The van der Waals surface area contributed by atoms with E-state index in [0.717, 1.165) is 30.3 Å². The third-order valence-electron chi connectivity index (χ3n) is 3.72. The van der Waals surface area contributed by atoms with Crippen molar-refractivity contribution in [2.45, 2.75) is 19.2 Å². The molecule has 0 aliphatic carbocycles. The molecule has 1 atom stereocenters. The number of ether oxygens (including phenoxy) is 1. The molecule has 2 rings (SSSR count). The van der Waals surface area contributed by atoms with Crippen molar-refractivity contribution in [3.05, 3.63) is 65.5 Å². The van der Waals surface area contributed by atoms with E-state index < -0.39 is 47.9 Å². The van der Waals surface area contributed by atoms with E-state index in [-0.39, 0.29) is 11.3 Å². The van der Waals surface area contributed by atoms with Gasteiger partial charge in [0, 0.05) is 5.56 Å². The molecule has 0 bridgehead atoms. The topological polar surface area (TPSA) is 96.5 Å².